The molecular weight excluding hydrogens is 583 g/mol. The van der Waals surface area contributed by atoms with E-state index in [2.05, 4.69) is 0 Å². The predicted molar refractivity (Wildman–Crippen MR) is 169 cm³/mol. The summed E-state index contributed by atoms with van der Waals surface area (Å²) in [5.74, 6) is -0.488. The van der Waals surface area contributed by atoms with E-state index in [0.29, 0.717) is 25.9 Å². The first-order chi connectivity index (χ1) is 21.1. The Labute approximate surface area is 263 Å². The number of ether oxygens (including phenoxy) is 4. The molecule has 5 atom stereocenters. The van der Waals surface area contributed by atoms with Gasteiger partial charge in [0.15, 0.2) is 6.10 Å². The zero-order valence-electron chi connectivity index (χ0n) is 27.1. The van der Waals surface area contributed by atoms with Crippen molar-refractivity contribution in [2.24, 2.45) is 5.41 Å². The van der Waals surface area contributed by atoms with Gasteiger partial charge in [-0.2, -0.15) is 0 Å². The number of hydrogen-bond acceptors (Lipinski definition) is 9. The monoisotopic (exact) mass is 634 g/mol. The van der Waals surface area contributed by atoms with Crippen LogP contribution >= 0.6 is 7.82 Å². The van der Waals surface area contributed by atoms with Crippen molar-refractivity contribution in [2.45, 2.75) is 118 Å². The summed E-state index contributed by atoms with van der Waals surface area (Å²) in [6.45, 7) is 12.2. The van der Waals surface area contributed by atoms with Gasteiger partial charge < -0.3 is 18.9 Å². The zero-order chi connectivity index (χ0) is 32.0. The Morgan fingerprint density at radius 2 is 1.27 bits per heavy atom. The quantitative estimate of drug-likeness (QED) is 0.0917. The topological polar surface area (TPSA) is 98.8 Å². The molecule has 2 aromatic carbocycles. The molecule has 1 aliphatic rings. The van der Waals surface area contributed by atoms with Gasteiger partial charge in [-0.05, 0) is 51.2 Å². The minimum Gasteiger partial charge on any atom is -0.454 e. The Bertz CT molecular complexity index is 1120. The third-order valence-corrected chi connectivity index (χ3v) is 8.61. The van der Waals surface area contributed by atoms with E-state index in [4.69, 9.17) is 32.5 Å². The summed E-state index contributed by atoms with van der Waals surface area (Å²) in [7, 11) is -4.10. The first kappa shape index (κ1) is 36.4. The average Bonchev–Trinajstić information content (AvgIpc) is 3.01. The lowest BCUT2D eigenvalue weighted by molar-refractivity contribution is -0.301. The second kappa shape index (κ2) is 18.1. The predicted octanol–water partition coefficient (Wildman–Crippen LogP) is 8.01. The highest BCUT2D eigenvalue weighted by molar-refractivity contribution is 7.48. The molecule has 2 unspecified atom stereocenters. The summed E-state index contributed by atoms with van der Waals surface area (Å²) in [6, 6.07) is 19.5. The molecular formula is C34H51O9P. The van der Waals surface area contributed by atoms with Crippen molar-refractivity contribution in [1.82, 2.24) is 0 Å². The molecule has 0 radical (unpaired) electrons. The standard InChI is InChI=1S/C34H51O9P/c1-7-10-22-39-44(36,40-23-11-8-2)43-32-31(42-33(35)34(4,5)6)30(38-25-27-20-16-13-17-21-27)29(28(9-3)41-32)37-24-26-18-14-12-15-19-26/h12-21,28-32H,7-11,22-25H2,1-6H3/t28?,29-,30-,31?,32+/m1/s1. The van der Waals surface area contributed by atoms with Crippen molar-refractivity contribution in [2.75, 3.05) is 13.2 Å². The number of esters is 1. The summed E-state index contributed by atoms with van der Waals surface area (Å²) in [5, 5.41) is 0. The average molecular weight is 635 g/mol. The van der Waals surface area contributed by atoms with Gasteiger partial charge in [0, 0.05) is 0 Å². The minimum atomic E-state index is -4.10. The van der Waals surface area contributed by atoms with E-state index < -0.39 is 49.9 Å². The molecule has 44 heavy (non-hydrogen) atoms. The second-order valence-corrected chi connectivity index (χ2v) is 13.6. The van der Waals surface area contributed by atoms with Gasteiger partial charge in [0.25, 0.3) is 0 Å². The maximum Gasteiger partial charge on any atom is 0.477 e. The molecule has 9 nitrogen and oxygen atoms in total. The molecule has 0 saturated carbocycles. The van der Waals surface area contributed by atoms with Crippen LogP contribution in [0.5, 0.6) is 0 Å². The SMILES string of the molecule is CCCCOP(=O)(OCCCC)O[C@@H]1OC(CC)[C@@H](OCc2ccccc2)[C@@H](OCc2ccccc2)C1OC(=O)C(C)(C)C. The van der Waals surface area contributed by atoms with Crippen LogP contribution in [0.4, 0.5) is 0 Å². The largest absolute Gasteiger partial charge is 0.477 e. The molecule has 1 heterocycles. The van der Waals surface area contributed by atoms with E-state index in [1.54, 1.807) is 20.8 Å². The molecule has 0 aromatic heterocycles. The molecule has 3 rings (SSSR count). The van der Waals surface area contributed by atoms with Gasteiger partial charge >= 0.3 is 13.8 Å². The van der Waals surface area contributed by atoms with E-state index in [1.165, 1.54) is 0 Å². The Morgan fingerprint density at radius 3 is 1.73 bits per heavy atom. The van der Waals surface area contributed by atoms with E-state index in [-0.39, 0.29) is 19.8 Å². The summed E-state index contributed by atoms with van der Waals surface area (Å²) < 4.78 is 57.1. The van der Waals surface area contributed by atoms with Crippen LogP contribution in [-0.2, 0) is 55.1 Å². The molecule has 0 spiro atoms. The molecule has 1 saturated heterocycles. The number of carbonyl (C=O) groups is 1. The highest BCUT2D eigenvalue weighted by Gasteiger charge is 2.53. The van der Waals surface area contributed by atoms with Crippen LogP contribution in [0.15, 0.2) is 60.7 Å². The number of phosphoric ester groups is 1. The van der Waals surface area contributed by atoms with E-state index in [9.17, 15) is 9.36 Å². The fourth-order valence-electron chi connectivity index (χ4n) is 4.51. The molecule has 10 heteroatoms. The van der Waals surface area contributed by atoms with Gasteiger partial charge in [-0.25, -0.2) is 4.57 Å². The summed E-state index contributed by atoms with van der Waals surface area (Å²) in [5.41, 5.74) is 1.07. The fraction of sp³-hybridized carbons (Fsp3) is 0.618. The fourth-order valence-corrected chi connectivity index (χ4v) is 5.83. The summed E-state index contributed by atoms with van der Waals surface area (Å²) >= 11 is 0. The smallest absolute Gasteiger partial charge is 0.454 e. The molecule has 0 bridgehead atoms. The first-order valence-corrected chi connectivity index (χ1v) is 17.3. The van der Waals surface area contributed by atoms with Gasteiger partial charge in [-0.1, -0.05) is 94.3 Å². The summed E-state index contributed by atoms with van der Waals surface area (Å²) in [6.07, 6.45) is -0.858. The second-order valence-electron chi connectivity index (χ2n) is 12.0. The molecule has 0 N–H and O–H groups in total. The van der Waals surface area contributed by atoms with Gasteiger partial charge in [0.1, 0.15) is 12.2 Å². The lowest BCUT2D eigenvalue weighted by atomic mass is 9.94. The Kier molecular flexibility index (Phi) is 15.0. The summed E-state index contributed by atoms with van der Waals surface area (Å²) in [4.78, 5) is 13.4. The third kappa shape index (κ3) is 11.4. The normalized spacial score (nSPS) is 22.5. The molecule has 2 aromatic rings. The van der Waals surface area contributed by atoms with Gasteiger partial charge in [-0.15, -0.1) is 0 Å². The number of unbranched alkanes of at least 4 members (excludes halogenated alkanes) is 2. The van der Waals surface area contributed by atoms with Crippen LogP contribution in [0.2, 0.25) is 0 Å². The highest BCUT2D eigenvalue weighted by atomic mass is 31.2. The molecule has 0 aliphatic carbocycles. The molecule has 246 valence electrons. The molecule has 1 aliphatic heterocycles. The lowest BCUT2D eigenvalue weighted by Gasteiger charge is -2.46. The Morgan fingerprint density at radius 1 is 0.773 bits per heavy atom. The highest BCUT2D eigenvalue weighted by Crippen LogP contribution is 2.53. The van der Waals surface area contributed by atoms with E-state index in [0.717, 1.165) is 24.0 Å². The van der Waals surface area contributed by atoms with Crippen molar-refractivity contribution in [3.8, 4) is 0 Å². The zero-order valence-corrected chi connectivity index (χ0v) is 28.0. The van der Waals surface area contributed by atoms with Crippen LogP contribution in [-0.4, -0.2) is 49.9 Å². The van der Waals surface area contributed by atoms with Crippen LogP contribution in [0.1, 0.15) is 84.8 Å². The Balaban J connectivity index is 1.99. The number of carbonyl (C=O) groups excluding carboxylic acids is 1. The number of hydrogen-bond donors (Lipinski definition) is 0. The first-order valence-electron chi connectivity index (χ1n) is 15.8. The number of phosphoric acid groups is 1. The number of rotatable bonds is 18. The van der Waals surface area contributed by atoms with Crippen molar-refractivity contribution in [3.63, 3.8) is 0 Å². The third-order valence-electron chi connectivity index (χ3n) is 7.15. The molecule has 1 fully saturated rings. The van der Waals surface area contributed by atoms with Crippen molar-refractivity contribution < 1.29 is 41.9 Å². The van der Waals surface area contributed by atoms with E-state index in [1.807, 2.05) is 81.4 Å². The van der Waals surface area contributed by atoms with Crippen LogP contribution in [0, 0.1) is 5.41 Å². The maximum absolute atomic E-state index is 14.0. The van der Waals surface area contributed by atoms with E-state index >= 15 is 0 Å². The Hall–Kier alpha value is -2.10. The van der Waals surface area contributed by atoms with Crippen molar-refractivity contribution >= 4 is 13.8 Å². The maximum atomic E-state index is 14.0. The minimum absolute atomic E-state index is 0.188. The van der Waals surface area contributed by atoms with Gasteiger partial charge in [0.2, 0.25) is 6.29 Å². The van der Waals surface area contributed by atoms with Crippen LogP contribution in [0.25, 0.3) is 0 Å². The van der Waals surface area contributed by atoms with Crippen molar-refractivity contribution in [3.05, 3.63) is 71.8 Å². The van der Waals surface area contributed by atoms with Gasteiger partial charge in [-0.3, -0.25) is 18.4 Å². The lowest BCUT2D eigenvalue weighted by Crippen LogP contribution is -2.61. The van der Waals surface area contributed by atoms with Crippen molar-refractivity contribution in [1.29, 1.82) is 0 Å². The molecule has 0 amide bonds. The van der Waals surface area contributed by atoms with Gasteiger partial charge in [0.05, 0.1) is 37.9 Å². The van der Waals surface area contributed by atoms with Crippen LogP contribution in [0.3, 0.4) is 0 Å². The number of benzene rings is 2. The van der Waals surface area contributed by atoms with Crippen LogP contribution < -0.4 is 0 Å².